The molecule has 1 unspecified atom stereocenters. The number of nitrogens with zero attached hydrogens (tertiary/aromatic N) is 4. The highest BCUT2D eigenvalue weighted by molar-refractivity contribution is 7.89. The minimum absolute atomic E-state index is 0.0282. The predicted molar refractivity (Wildman–Crippen MR) is 100 cm³/mol. The molecule has 0 radical (unpaired) electrons. The van der Waals surface area contributed by atoms with Crippen molar-refractivity contribution in [2.75, 3.05) is 25.9 Å². The number of hydrogen-bond acceptors (Lipinski definition) is 5. The van der Waals surface area contributed by atoms with Gasteiger partial charge in [-0.25, -0.2) is 22.8 Å². The summed E-state index contributed by atoms with van der Waals surface area (Å²) in [5, 5.41) is 10.8. The maximum atomic E-state index is 12.1. The predicted octanol–water partition coefficient (Wildman–Crippen LogP) is 0.306. The van der Waals surface area contributed by atoms with Crippen molar-refractivity contribution in [2.45, 2.75) is 51.6 Å². The number of nitrogens with one attached hydrogen (secondary N) is 3. The van der Waals surface area contributed by atoms with Crippen molar-refractivity contribution in [3.63, 3.8) is 0 Å². The molecule has 0 aromatic carbocycles. The van der Waals surface area contributed by atoms with E-state index in [4.69, 9.17) is 0 Å². The van der Waals surface area contributed by atoms with E-state index >= 15 is 0 Å². The molecule has 0 amide bonds. The van der Waals surface area contributed by atoms with Crippen LogP contribution in [0.1, 0.15) is 49.8 Å². The highest BCUT2D eigenvalue weighted by atomic mass is 32.2. The monoisotopic (exact) mass is 383 g/mol. The molecule has 10 heteroatoms. The molecular weight excluding hydrogens is 354 g/mol. The Labute approximate surface area is 155 Å². The number of sulfonamides is 1. The molecule has 2 aliphatic rings. The van der Waals surface area contributed by atoms with Crippen LogP contribution in [-0.2, 0) is 16.6 Å². The van der Waals surface area contributed by atoms with E-state index in [9.17, 15) is 8.42 Å². The second-order valence-corrected chi connectivity index (χ2v) is 8.97. The van der Waals surface area contributed by atoms with Crippen molar-refractivity contribution in [1.82, 2.24) is 30.1 Å². The van der Waals surface area contributed by atoms with Crippen molar-refractivity contribution in [3.8, 4) is 0 Å². The molecule has 3 N–H and O–H groups in total. The van der Waals surface area contributed by atoms with Crippen molar-refractivity contribution in [1.29, 1.82) is 0 Å². The third-order valence-electron chi connectivity index (χ3n) is 5.00. The number of aryl methyl sites for hydroxylation is 2. The summed E-state index contributed by atoms with van der Waals surface area (Å²) in [5.74, 6) is 2.80. The van der Waals surface area contributed by atoms with Gasteiger partial charge in [-0.2, -0.15) is 5.10 Å². The van der Waals surface area contributed by atoms with Gasteiger partial charge in [0.25, 0.3) is 0 Å². The van der Waals surface area contributed by atoms with E-state index in [1.165, 1.54) is 6.42 Å². The standard InChI is InChI=1S/C16H29N7O2S/c1-12-20-15-14(7-4-9-23(15)22-12)21-16(17-2)18-8-10-26(24,25)19-11-13-5-3-6-13/h13-14,19H,3-11H2,1-2H3,(H2,17,18,21). The van der Waals surface area contributed by atoms with Gasteiger partial charge in [-0.1, -0.05) is 6.42 Å². The maximum absolute atomic E-state index is 12.1. The highest BCUT2D eigenvalue weighted by Crippen LogP contribution is 2.25. The van der Waals surface area contributed by atoms with E-state index in [1.807, 2.05) is 11.6 Å². The third kappa shape index (κ3) is 4.94. The first-order valence-electron chi connectivity index (χ1n) is 9.33. The fourth-order valence-corrected chi connectivity index (χ4v) is 4.29. The van der Waals surface area contributed by atoms with E-state index < -0.39 is 10.0 Å². The molecule has 26 heavy (non-hydrogen) atoms. The lowest BCUT2D eigenvalue weighted by atomic mass is 9.86. The number of hydrogen-bond donors (Lipinski definition) is 3. The molecule has 9 nitrogen and oxygen atoms in total. The fourth-order valence-electron chi connectivity index (χ4n) is 3.28. The molecule has 146 valence electrons. The van der Waals surface area contributed by atoms with Crippen LogP contribution in [0.2, 0.25) is 0 Å². The lowest BCUT2D eigenvalue weighted by Crippen LogP contribution is -2.44. The van der Waals surface area contributed by atoms with Gasteiger partial charge in [-0.15, -0.1) is 0 Å². The van der Waals surface area contributed by atoms with E-state index in [0.29, 0.717) is 25.0 Å². The first-order chi connectivity index (χ1) is 12.5. The molecule has 2 heterocycles. The molecule has 0 saturated heterocycles. The van der Waals surface area contributed by atoms with Crippen LogP contribution < -0.4 is 15.4 Å². The summed E-state index contributed by atoms with van der Waals surface area (Å²) >= 11 is 0. The van der Waals surface area contributed by atoms with Gasteiger partial charge < -0.3 is 10.6 Å². The summed E-state index contributed by atoms with van der Waals surface area (Å²) < 4.78 is 28.8. The topological polar surface area (TPSA) is 113 Å². The minimum atomic E-state index is -3.26. The average molecular weight is 384 g/mol. The van der Waals surface area contributed by atoms with E-state index in [2.05, 4.69) is 30.4 Å². The molecule has 1 aliphatic carbocycles. The Morgan fingerprint density at radius 2 is 2.12 bits per heavy atom. The van der Waals surface area contributed by atoms with E-state index in [0.717, 1.165) is 43.9 Å². The molecule has 1 aromatic rings. The van der Waals surface area contributed by atoms with E-state index in [-0.39, 0.29) is 11.8 Å². The lowest BCUT2D eigenvalue weighted by Gasteiger charge is -2.25. The Kier molecular flexibility index (Phi) is 6.13. The normalized spacial score (nSPS) is 21.2. The molecule has 1 aromatic heterocycles. The molecule has 1 aliphatic heterocycles. The van der Waals surface area contributed by atoms with Crippen molar-refractivity contribution in [2.24, 2.45) is 10.9 Å². The van der Waals surface area contributed by atoms with Gasteiger partial charge >= 0.3 is 0 Å². The first kappa shape index (κ1) is 19.1. The van der Waals surface area contributed by atoms with Crippen LogP contribution in [0.5, 0.6) is 0 Å². The van der Waals surface area contributed by atoms with Crippen molar-refractivity contribution in [3.05, 3.63) is 11.6 Å². The van der Waals surface area contributed by atoms with Gasteiger partial charge in [0.05, 0.1) is 11.8 Å². The van der Waals surface area contributed by atoms with Gasteiger partial charge in [0, 0.05) is 26.7 Å². The van der Waals surface area contributed by atoms with Crippen molar-refractivity contribution >= 4 is 16.0 Å². The van der Waals surface area contributed by atoms with Crippen LogP contribution in [0.4, 0.5) is 0 Å². The molecule has 3 rings (SSSR count). The molecular formula is C16H29N7O2S. The van der Waals surface area contributed by atoms with Gasteiger partial charge in [0.1, 0.15) is 11.6 Å². The van der Waals surface area contributed by atoms with Gasteiger partial charge in [-0.3, -0.25) is 4.99 Å². The highest BCUT2D eigenvalue weighted by Gasteiger charge is 2.24. The van der Waals surface area contributed by atoms with Crippen LogP contribution in [0, 0.1) is 12.8 Å². The largest absolute Gasteiger partial charge is 0.355 e. The van der Waals surface area contributed by atoms with Crippen LogP contribution in [0.3, 0.4) is 0 Å². The van der Waals surface area contributed by atoms with Gasteiger partial charge in [0.15, 0.2) is 5.96 Å². The number of guanidine groups is 1. The number of aliphatic imine (C=N–C) groups is 1. The smallest absolute Gasteiger partial charge is 0.213 e. The number of aromatic nitrogens is 3. The van der Waals surface area contributed by atoms with Crippen LogP contribution in [0.15, 0.2) is 4.99 Å². The SMILES string of the molecule is CN=C(NCCS(=O)(=O)NCC1CCC1)NC1CCCn2nc(C)nc21. The summed E-state index contributed by atoms with van der Waals surface area (Å²) in [4.78, 5) is 8.69. The second kappa shape index (κ2) is 8.34. The van der Waals surface area contributed by atoms with Crippen molar-refractivity contribution < 1.29 is 8.42 Å². The molecule has 1 fully saturated rings. The summed E-state index contributed by atoms with van der Waals surface area (Å²) in [7, 11) is -1.58. The Bertz CT molecular complexity index is 740. The van der Waals surface area contributed by atoms with Crippen LogP contribution in [-0.4, -0.2) is 55.0 Å². The van der Waals surface area contributed by atoms with Gasteiger partial charge in [-0.05, 0) is 38.5 Å². The zero-order valence-corrected chi connectivity index (χ0v) is 16.3. The number of rotatable bonds is 7. The molecule has 0 spiro atoms. The third-order valence-corrected chi connectivity index (χ3v) is 6.34. The number of fused-ring (bicyclic) bond motifs is 1. The summed E-state index contributed by atoms with van der Waals surface area (Å²) in [6.45, 7) is 3.63. The van der Waals surface area contributed by atoms with Gasteiger partial charge in [0.2, 0.25) is 10.0 Å². The maximum Gasteiger partial charge on any atom is 0.213 e. The summed E-state index contributed by atoms with van der Waals surface area (Å²) in [6.07, 6.45) is 5.43. The minimum Gasteiger partial charge on any atom is -0.355 e. The Morgan fingerprint density at radius 1 is 1.31 bits per heavy atom. The second-order valence-electron chi connectivity index (χ2n) is 7.04. The molecule has 0 bridgehead atoms. The Morgan fingerprint density at radius 3 is 2.81 bits per heavy atom. The quantitative estimate of drug-likeness (QED) is 0.461. The fraction of sp³-hybridized carbons (Fsp3) is 0.812. The van der Waals surface area contributed by atoms with Crippen LogP contribution >= 0.6 is 0 Å². The van der Waals surface area contributed by atoms with E-state index in [1.54, 1.807) is 7.05 Å². The Balaban J connectivity index is 1.46. The average Bonchev–Trinajstić information content (AvgIpc) is 2.93. The zero-order chi connectivity index (χ0) is 18.6. The zero-order valence-electron chi connectivity index (χ0n) is 15.5. The lowest BCUT2D eigenvalue weighted by molar-refractivity contribution is 0.316. The van der Waals surface area contributed by atoms with Crippen LogP contribution in [0.25, 0.3) is 0 Å². The molecule has 1 atom stereocenters. The summed E-state index contributed by atoms with van der Waals surface area (Å²) in [5.41, 5.74) is 0. The Hall–Kier alpha value is -1.68. The molecule has 1 saturated carbocycles. The first-order valence-corrected chi connectivity index (χ1v) is 11.0. The summed E-state index contributed by atoms with van der Waals surface area (Å²) in [6, 6.07) is 0.0319.